The first-order valence-corrected chi connectivity index (χ1v) is 8.82. The summed E-state index contributed by atoms with van der Waals surface area (Å²) in [5.74, 6) is -0.163. The van der Waals surface area contributed by atoms with E-state index in [1.807, 2.05) is 35.7 Å². The molecule has 6 heteroatoms. The van der Waals surface area contributed by atoms with Gasteiger partial charge in [0.1, 0.15) is 5.82 Å². The van der Waals surface area contributed by atoms with Crippen LogP contribution in [0.25, 0.3) is 0 Å². The molecule has 138 valence electrons. The number of rotatable bonds is 6. The molecule has 1 atom stereocenters. The summed E-state index contributed by atoms with van der Waals surface area (Å²) in [6, 6.07) is 6.29. The average Bonchev–Trinajstić information content (AvgIpc) is 2.61. The minimum absolute atomic E-state index is 0.102. The molecule has 1 saturated heterocycles. The van der Waals surface area contributed by atoms with Gasteiger partial charge in [0.2, 0.25) is 11.8 Å². The van der Waals surface area contributed by atoms with Crippen LogP contribution in [0.3, 0.4) is 0 Å². The number of hydrogen-bond donors (Lipinski definition) is 0. The average molecular weight is 349 g/mol. The fourth-order valence-corrected chi connectivity index (χ4v) is 3.03. The zero-order valence-electron chi connectivity index (χ0n) is 15.4. The lowest BCUT2D eigenvalue weighted by molar-refractivity contribution is -0.141. The first-order chi connectivity index (χ1) is 11.9. The van der Waals surface area contributed by atoms with Gasteiger partial charge in [-0.05, 0) is 38.2 Å². The molecular weight excluding hydrogens is 321 g/mol. The van der Waals surface area contributed by atoms with E-state index in [0.717, 1.165) is 12.1 Å². The van der Waals surface area contributed by atoms with Crippen molar-refractivity contribution in [2.24, 2.45) is 5.92 Å². The van der Waals surface area contributed by atoms with Gasteiger partial charge < -0.3 is 14.7 Å². The van der Waals surface area contributed by atoms with Crippen molar-refractivity contribution in [3.63, 3.8) is 0 Å². The van der Waals surface area contributed by atoms with E-state index < -0.39 is 0 Å². The van der Waals surface area contributed by atoms with Crippen LogP contribution >= 0.6 is 0 Å². The van der Waals surface area contributed by atoms with Gasteiger partial charge >= 0.3 is 0 Å². The van der Waals surface area contributed by atoms with Gasteiger partial charge in [0.25, 0.3) is 0 Å². The second kappa shape index (κ2) is 8.94. The highest BCUT2D eigenvalue weighted by Gasteiger charge is 2.26. The molecule has 1 unspecified atom stereocenters. The Bertz CT molecular complexity index is 581. The first kappa shape index (κ1) is 19.4. The van der Waals surface area contributed by atoms with E-state index in [0.29, 0.717) is 39.0 Å². The van der Waals surface area contributed by atoms with Gasteiger partial charge in [0.05, 0.1) is 0 Å². The van der Waals surface area contributed by atoms with Crippen molar-refractivity contribution in [2.45, 2.75) is 19.8 Å². The standard InChI is InChI=1S/C19H28FN3O2/c1-15(14-16-4-6-17(20)7-5-16)19(25)23-12-10-22(11-13-23)18(24)8-9-21(2)3/h4-7,15H,8-14H2,1-3H3. The molecule has 5 nitrogen and oxygen atoms in total. The Labute approximate surface area is 149 Å². The van der Waals surface area contributed by atoms with Crippen molar-refractivity contribution in [1.82, 2.24) is 14.7 Å². The predicted molar refractivity (Wildman–Crippen MR) is 95.6 cm³/mol. The van der Waals surface area contributed by atoms with Crippen molar-refractivity contribution >= 4 is 11.8 Å². The van der Waals surface area contributed by atoms with Crippen LogP contribution in [0.15, 0.2) is 24.3 Å². The maximum absolute atomic E-state index is 13.0. The third-order valence-corrected chi connectivity index (χ3v) is 4.59. The summed E-state index contributed by atoms with van der Waals surface area (Å²) in [6.45, 7) is 5.01. The third-order valence-electron chi connectivity index (χ3n) is 4.59. The SMILES string of the molecule is CC(Cc1ccc(F)cc1)C(=O)N1CCN(C(=O)CCN(C)C)CC1. The second-order valence-electron chi connectivity index (χ2n) is 6.99. The molecule has 0 radical (unpaired) electrons. The normalized spacial score (nSPS) is 16.2. The fourth-order valence-electron chi connectivity index (χ4n) is 3.03. The molecule has 0 aromatic heterocycles. The lowest BCUT2D eigenvalue weighted by Gasteiger charge is -2.36. The summed E-state index contributed by atoms with van der Waals surface area (Å²) in [6.07, 6.45) is 1.11. The summed E-state index contributed by atoms with van der Waals surface area (Å²) in [7, 11) is 3.90. The third kappa shape index (κ3) is 5.81. The molecule has 1 fully saturated rings. The van der Waals surface area contributed by atoms with Gasteiger partial charge in [-0.2, -0.15) is 0 Å². The number of benzene rings is 1. The Balaban J connectivity index is 1.80. The summed E-state index contributed by atoms with van der Waals surface area (Å²) in [5, 5.41) is 0. The highest BCUT2D eigenvalue weighted by molar-refractivity contribution is 5.80. The van der Waals surface area contributed by atoms with Gasteiger partial charge in [0, 0.05) is 45.1 Å². The highest BCUT2D eigenvalue weighted by atomic mass is 19.1. The molecule has 1 aromatic carbocycles. The van der Waals surface area contributed by atoms with Crippen LogP contribution in [0.4, 0.5) is 4.39 Å². The maximum atomic E-state index is 13.0. The van der Waals surface area contributed by atoms with Gasteiger partial charge in [-0.15, -0.1) is 0 Å². The first-order valence-electron chi connectivity index (χ1n) is 8.82. The van der Waals surface area contributed by atoms with Crippen molar-refractivity contribution in [3.05, 3.63) is 35.6 Å². The summed E-state index contributed by atoms with van der Waals surface area (Å²) in [4.78, 5) is 30.4. The van der Waals surface area contributed by atoms with Crippen molar-refractivity contribution in [2.75, 3.05) is 46.8 Å². The Kier molecular flexibility index (Phi) is 6.93. The Hall–Kier alpha value is -1.95. The number of halogens is 1. The molecule has 2 amide bonds. The molecule has 0 bridgehead atoms. The number of hydrogen-bond acceptors (Lipinski definition) is 3. The van der Waals surface area contributed by atoms with E-state index in [9.17, 15) is 14.0 Å². The quantitative estimate of drug-likeness (QED) is 0.784. The molecule has 1 aliphatic heterocycles. The van der Waals surface area contributed by atoms with E-state index in [2.05, 4.69) is 0 Å². The van der Waals surface area contributed by atoms with Crippen LogP contribution in [0.5, 0.6) is 0 Å². The molecule has 25 heavy (non-hydrogen) atoms. The predicted octanol–water partition coefficient (Wildman–Crippen LogP) is 1.63. The van der Waals surface area contributed by atoms with Crippen LogP contribution in [0.2, 0.25) is 0 Å². The van der Waals surface area contributed by atoms with E-state index in [4.69, 9.17) is 0 Å². The summed E-state index contributed by atoms with van der Waals surface area (Å²) in [5.41, 5.74) is 0.958. The van der Waals surface area contributed by atoms with Gasteiger partial charge in [-0.25, -0.2) is 4.39 Å². The molecule has 1 heterocycles. The van der Waals surface area contributed by atoms with Crippen molar-refractivity contribution < 1.29 is 14.0 Å². The van der Waals surface area contributed by atoms with Crippen LogP contribution in [-0.2, 0) is 16.0 Å². The number of nitrogens with zero attached hydrogens (tertiary/aromatic N) is 3. The van der Waals surface area contributed by atoms with Gasteiger partial charge in [-0.1, -0.05) is 19.1 Å². The fraction of sp³-hybridized carbons (Fsp3) is 0.579. The molecule has 1 aliphatic rings. The number of amides is 2. The van der Waals surface area contributed by atoms with E-state index in [1.165, 1.54) is 12.1 Å². The lowest BCUT2D eigenvalue weighted by atomic mass is 9.99. The zero-order chi connectivity index (χ0) is 18.4. The Morgan fingerprint density at radius 3 is 2.20 bits per heavy atom. The highest BCUT2D eigenvalue weighted by Crippen LogP contribution is 2.14. The molecule has 1 aromatic rings. The lowest BCUT2D eigenvalue weighted by Crippen LogP contribution is -2.52. The van der Waals surface area contributed by atoms with Crippen LogP contribution < -0.4 is 0 Å². The Morgan fingerprint density at radius 1 is 1.08 bits per heavy atom. The van der Waals surface area contributed by atoms with Gasteiger partial charge in [0.15, 0.2) is 0 Å². The van der Waals surface area contributed by atoms with E-state index >= 15 is 0 Å². The molecule has 0 spiro atoms. The van der Waals surface area contributed by atoms with Crippen LogP contribution in [0, 0.1) is 11.7 Å². The molecular formula is C19H28FN3O2. The smallest absolute Gasteiger partial charge is 0.225 e. The monoisotopic (exact) mass is 349 g/mol. The zero-order valence-corrected chi connectivity index (χ0v) is 15.4. The summed E-state index contributed by atoms with van der Waals surface area (Å²) < 4.78 is 13.0. The molecule has 0 N–H and O–H groups in total. The van der Waals surface area contributed by atoms with Crippen molar-refractivity contribution in [3.8, 4) is 0 Å². The largest absolute Gasteiger partial charge is 0.339 e. The second-order valence-corrected chi connectivity index (χ2v) is 6.99. The Morgan fingerprint density at radius 2 is 1.64 bits per heavy atom. The molecule has 0 aliphatic carbocycles. The molecule has 2 rings (SSSR count). The van der Waals surface area contributed by atoms with Crippen LogP contribution in [0.1, 0.15) is 18.9 Å². The minimum atomic E-state index is -0.266. The molecule has 0 saturated carbocycles. The van der Waals surface area contributed by atoms with Gasteiger partial charge in [-0.3, -0.25) is 9.59 Å². The van der Waals surface area contributed by atoms with E-state index in [1.54, 1.807) is 12.1 Å². The minimum Gasteiger partial charge on any atom is -0.339 e. The maximum Gasteiger partial charge on any atom is 0.225 e. The van der Waals surface area contributed by atoms with Crippen molar-refractivity contribution in [1.29, 1.82) is 0 Å². The van der Waals surface area contributed by atoms with E-state index in [-0.39, 0.29) is 23.5 Å². The topological polar surface area (TPSA) is 43.9 Å². The number of piperazine rings is 1. The summed E-state index contributed by atoms with van der Waals surface area (Å²) >= 11 is 0. The van der Waals surface area contributed by atoms with Crippen LogP contribution in [-0.4, -0.2) is 73.3 Å². The number of carbonyl (C=O) groups is 2. The number of carbonyl (C=O) groups excluding carboxylic acids is 2.